The standard InChI is InChI=1S/C17H23NO2S/c1-3-8-19-15-6-5-13(11-16(15)20-9-4-2)14-7-10-21-17(14)12-18/h5-7,10-11H,3-4,8-9,12,18H2,1-2H3. The van der Waals surface area contributed by atoms with Gasteiger partial charge in [0, 0.05) is 11.4 Å². The molecule has 0 aliphatic carbocycles. The molecule has 0 aliphatic rings. The summed E-state index contributed by atoms with van der Waals surface area (Å²) < 4.78 is 11.6. The molecule has 2 aromatic rings. The van der Waals surface area contributed by atoms with E-state index < -0.39 is 0 Å². The highest BCUT2D eigenvalue weighted by Gasteiger charge is 2.11. The molecule has 0 saturated heterocycles. The minimum absolute atomic E-state index is 0.562. The Balaban J connectivity index is 2.31. The summed E-state index contributed by atoms with van der Waals surface area (Å²) in [5.41, 5.74) is 8.12. The first-order valence-corrected chi connectivity index (χ1v) is 8.34. The van der Waals surface area contributed by atoms with Crippen molar-refractivity contribution in [1.29, 1.82) is 0 Å². The summed E-state index contributed by atoms with van der Waals surface area (Å²) >= 11 is 1.69. The zero-order chi connectivity index (χ0) is 15.1. The van der Waals surface area contributed by atoms with Crippen molar-refractivity contribution in [3.8, 4) is 22.6 Å². The Labute approximate surface area is 130 Å². The summed E-state index contributed by atoms with van der Waals surface area (Å²) in [6.07, 6.45) is 1.96. The molecule has 3 nitrogen and oxygen atoms in total. The molecular formula is C17H23NO2S. The summed E-state index contributed by atoms with van der Waals surface area (Å²) in [4.78, 5) is 1.19. The lowest BCUT2D eigenvalue weighted by atomic mass is 10.1. The molecule has 2 rings (SSSR count). The van der Waals surface area contributed by atoms with Crippen molar-refractivity contribution >= 4 is 11.3 Å². The Kier molecular flexibility index (Phi) is 6.08. The predicted molar refractivity (Wildman–Crippen MR) is 89.2 cm³/mol. The molecule has 0 unspecified atom stereocenters. The molecule has 0 radical (unpaired) electrons. The van der Waals surface area contributed by atoms with Crippen LogP contribution in [-0.4, -0.2) is 13.2 Å². The topological polar surface area (TPSA) is 44.5 Å². The monoisotopic (exact) mass is 305 g/mol. The molecule has 4 heteroatoms. The molecule has 0 fully saturated rings. The van der Waals surface area contributed by atoms with E-state index in [4.69, 9.17) is 15.2 Å². The lowest BCUT2D eigenvalue weighted by Gasteiger charge is -2.14. The van der Waals surface area contributed by atoms with Crippen molar-refractivity contribution in [3.63, 3.8) is 0 Å². The van der Waals surface area contributed by atoms with E-state index in [1.807, 2.05) is 6.07 Å². The van der Waals surface area contributed by atoms with E-state index in [1.165, 1.54) is 10.4 Å². The van der Waals surface area contributed by atoms with Gasteiger partial charge in [-0.05, 0) is 47.5 Å². The predicted octanol–water partition coefficient (Wildman–Crippen LogP) is 4.45. The van der Waals surface area contributed by atoms with Gasteiger partial charge in [-0.3, -0.25) is 0 Å². The van der Waals surface area contributed by atoms with Crippen LogP contribution in [0.3, 0.4) is 0 Å². The molecule has 1 aromatic heterocycles. The molecule has 2 N–H and O–H groups in total. The lowest BCUT2D eigenvalue weighted by Crippen LogP contribution is -2.01. The van der Waals surface area contributed by atoms with Gasteiger partial charge in [-0.1, -0.05) is 19.9 Å². The fourth-order valence-corrected chi connectivity index (χ4v) is 2.87. The second kappa shape index (κ2) is 8.05. The summed E-state index contributed by atoms with van der Waals surface area (Å²) in [7, 11) is 0. The van der Waals surface area contributed by atoms with Crippen molar-refractivity contribution in [2.24, 2.45) is 5.73 Å². The van der Waals surface area contributed by atoms with E-state index in [0.717, 1.165) is 29.9 Å². The minimum atomic E-state index is 0.562. The molecule has 0 amide bonds. The SMILES string of the molecule is CCCOc1ccc(-c2ccsc2CN)cc1OCCC. The second-order valence-electron chi connectivity index (χ2n) is 4.82. The van der Waals surface area contributed by atoms with Crippen molar-refractivity contribution in [3.05, 3.63) is 34.5 Å². The third-order valence-electron chi connectivity index (χ3n) is 3.11. The smallest absolute Gasteiger partial charge is 0.161 e. The van der Waals surface area contributed by atoms with Crippen molar-refractivity contribution < 1.29 is 9.47 Å². The molecule has 114 valence electrons. The van der Waals surface area contributed by atoms with Gasteiger partial charge in [0.2, 0.25) is 0 Å². The second-order valence-corrected chi connectivity index (χ2v) is 5.82. The largest absolute Gasteiger partial charge is 0.490 e. The van der Waals surface area contributed by atoms with E-state index in [-0.39, 0.29) is 0 Å². The van der Waals surface area contributed by atoms with E-state index in [9.17, 15) is 0 Å². The molecule has 0 bridgehead atoms. The van der Waals surface area contributed by atoms with Crippen LogP contribution in [0.15, 0.2) is 29.6 Å². The summed E-state index contributed by atoms with van der Waals surface area (Å²) in [6, 6.07) is 8.24. The van der Waals surface area contributed by atoms with Crippen molar-refractivity contribution in [2.45, 2.75) is 33.2 Å². The molecule has 21 heavy (non-hydrogen) atoms. The Bertz CT molecular complexity index is 566. The first kappa shape index (κ1) is 15.9. The van der Waals surface area contributed by atoms with Crippen LogP contribution in [0.1, 0.15) is 31.6 Å². The summed E-state index contributed by atoms with van der Waals surface area (Å²) in [5.74, 6) is 1.63. The number of nitrogens with two attached hydrogens (primary N) is 1. The summed E-state index contributed by atoms with van der Waals surface area (Å²) in [5, 5.41) is 2.07. The van der Waals surface area contributed by atoms with Gasteiger partial charge in [0.25, 0.3) is 0 Å². The highest BCUT2D eigenvalue weighted by molar-refractivity contribution is 7.10. The molecule has 0 spiro atoms. The molecule has 0 atom stereocenters. The van der Waals surface area contributed by atoms with Crippen LogP contribution in [0.2, 0.25) is 0 Å². The summed E-state index contributed by atoms with van der Waals surface area (Å²) in [6.45, 7) is 6.15. The Hall–Kier alpha value is -1.52. The highest BCUT2D eigenvalue weighted by Crippen LogP contribution is 2.35. The van der Waals surface area contributed by atoms with Gasteiger partial charge in [-0.15, -0.1) is 11.3 Å². The van der Waals surface area contributed by atoms with Gasteiger partial charge >= 0.3 is 0 Å². The van der Waals surface area contributed by atoms with Crippen LogP contribution in [0.25, 0.3) is 11.1 Å². The first-order chi connectivity index (χ1) is 10.3. The quantitative estimate of drug-likeness (QED) is 0.783. The van der Waals surface area contributed by atoms with Gasteiger partial charge in [-0.2, -0.15) is 0 Å². The average Bonchev–Trinajstić information content (AvgIpc) is 2.99. The number of hydrogen-bond donors (Lipinski definition) is 1. The van der Waals surface area contributed by atoms with E-state index in [0.29, 0.717) is 19.8 Å². The van der Waals surface area contributed by atoms with Crippen LogP contribution < -0.4 is 15.2 Å². The van der Waals surface area contributed by atoms with Crippen molar-refractivity contribution in [1.82, 2.24) is 0 Å². The fourth-order valence-electron chi connectivity index (χ4n) is 2.09. The third-order valence-corrected chi connectivity index (χ3v) is 4.05. The fraction of sp³-hybridized carbons (Fsp3) is 0.412. The number of ether oxygens (including phenoxy) is 2. The van der Waals surface area contributed by atoms with Gasteiger partial charge in [0.1, 0.15) is 0 Å². The average molecular weight is 305 g/mol. The maximum atomic E-state index is 5.84. The van der Waals surface area contributed by atoms with Gasteiger partial charge in [-0.25, -0.2) is 0 Å². The maximum absolute atomic E-state index is 5.84. The highest BCUT2D eigenvalue weighted by atomic mass is 32.1. The zero-order valence-corrected chi connectivity index (χ0v) is 13.5. The number of hydrogen-bond acceptors (Lipinski definition) is 4. The maximum Gasteiger partial charge on any atom is 0.161 e. The van der Waals surface area contributed by atoms with Crippen LogP contribution >= 0.6 is 11.3 Å². The van der Waals surface area contributed by atoms with Crippen LogP contribution in [-0.2, 0) is 6.54 Å². The van der Waals surface area contributed by atoms with Gasteiger partial charge in [0.15, 0.2) is 11.5 Å². The zero-order valence-electron chi connectivity index (χ0n) is 12.7. The van der Waals surface area contributed by atoms with E-state index >= 15 is 0 Å². The van der Waals surface area contributed by atoms with Crippen LogP contribution in [0, 0.1) is 0 Å². The Morgan fingerprint density at radius 1 is 1.00 bits per heavy atom. The molecule has 1 aromatic carbocycles. The lowest BCUT2D eigenvalue weighted by molar-refractivity contribution is 0.268. The van der Waals surface area contributed by atoms with E-state index in [1.54, 1.807) is 11.3 Å². The van der Waals surface area contributed by atoms with Crippen molar-refractivity contribution in [2.75, 3.05) is 13.2 Å². The normalized spacial score (nSPS) is 10.6. The van der Waals surface area contributed by atoms with Gasteiger partial charge in [0.05, 0.1) is 13.2 Å². The van der Waals surface area contributed by atoms with Crippen LogP contribution in [0.4, 0.5) is 0 Å². The number of rotatable bonds is 8. The molecular weight excluding hydrogens is 282 g/mol. The molecule has 0 aliphatic heterocycles. The number of thiophene rings is 1. The van der Waals surface area contributed by atoms with Gasteiger partial charge < -0.3 is 15.2 Å². The minimum Gasteiger partial charge on any atom is -0.490 e. The number of benzene rings is 1. The Morgan fingerprint density at radius 3 is 2.38 bits per heavy atom. The van der Waals surface area contributed by atoms with E-state index in [2.05, 4.69) is 37.4 Å². The third kappa shape index (κ3) is 3.99. The molecule has 0 saturated carbocycles. The van der Waals surface area contributed by atoms with Crippen LogP contribution in [0.5, 0.6) is 11.5 Å². The Morgan fingerprint density at radius 2 is 1.71 bits per heavy atom. The molecule has 1 heterocycles. The first-order valence-electron chi connectivity index (χ1n) is 7.46.